The van der Waals surface area contributed by atoms with Crippen molar-refractivity contribution >= 4 is 34.8 Å². The molecule has 29 heavy (non-hydrogen) atoms. The van der Waals surface area contributed by atoms with Crippen molar-refractivity contribution in [3.8, 4) is 12.3 Å². The van der Waals surface area contributed by atoms with Crippen LogP contribution in [0, 0.1) is 19.3 Å². The van der Waals surface area contributed by atoms with Gasteiger partial charge in [-0.3, -0.25) is 14.4 Å². The van der Waals surface area contributed by atoms with E-state index in [0.717, 1.165) is 4.88 Å². The number of pyridine rings is 1. The highest BCUT2D eigenvalue weighted by atomic mass is 32.1. The zero-order valence-corrected chi connectivity index (χ0v) is 17.4. The summed E-state index contributed by atoms with van der Waals surface area (Å²) in [4.78, 5) is 38.6. The molecule has 0 spiro atoms. The van der Waals surface area contributed by atoms with Crippen molar-refractivity contribution in [2.24, 2.45) is 7.05 Å². The number of nitrogens with zero attached hydrogens (tertiary/aromatic N) is 1. The Morgan fingerprint density at radius 3 is 2.83 bits per heavy atom. The first-order valence-corrected chi connectivity index (χ1v) is 9.68. The molecule has 152 valence electrons. The molecule has 0 aliphatic heterocycles. The van der Waals surface area contributed by atoms with Crippen LogP contribution in [0.5, 0.6) is 0 Å². The summed E-state index contributed by atoms with van der Waals surface area (Å²) in [5.41, 5.74) is 0.738. The monoisotopic (exact) mass is 413 g/mol. The summed E-state index contributed by atoms with van der Waals surface area (Å²) < 4.78 is 6.31. The molecule has 0 aromatic carbocycles. The van der Waals surface area contributed by atoms with Gasteiger partial charge in [0.25, 0.3) is 11.5 Å². The standard InChI is InChI=1S/C21H23N3O4S/c1-5-10-22-16-13-14(2)24(3)21(27)19(16)17(25)8-6-15-7-9-18(29-15)20(26)23-11-12-28-4/h1,6-9,13,22H,10-12H2,2-4H3,(H,23,26)/b8-6+. The number of aromatic nitrogens is 1. The number of hydrogen-bond acceptors (Lipinski definition) is 6. The van der Waals surface area contributed by atoms with Gasteiger partial charge in [-0.2, -0.15) is 0 Å². The Morgan fingerprint density at radius 2 is 2.14 bits per heavy atom. The molecule has 2 aromatic heterocycles. The van der Waals surface area contributed by atoms with Crippen molar-refractivity contribution in [1.29, 1.82) is 0 Å². The van der Waals surface area contributed by atoms with Gasteiger partial charge in [0.2, 0.25) is 0 Å². The highest BCUT2D eigenvalue weighted by Crippen LogP contribution is 2.19. The van der Waals surface area contributed by atoms with Crippen LogP contribution in [0.25, 0.3) is 6.08 Å². The Bertz CT molecular complexity index is 1030. The van der Waals surface area contributed by atoms with Crippen molar-refractivity contribution in [2.75, 3.05) is 32.1 Å². The highest BCUT2D eigenvalue weighted by Gasteiger charge is 2.17. The summed E-state index contributed by atoms with van der Waals surface area (Å²) in [5, 5.41) is 5.67. The van der Waals surface area contributed by atoms with Gasteiger partial charge in [0, 0.05) is 31.3 Å². The fourth-order valence-electron chi connectivity index (χ4n) is 2.50. The average molecular weight is 413 g/mol. The van der Waals surface area contributed by atoms with Crippen LogP contribution in [0.2, 0.25) is 0 Å². The van der Waals surface area contributed by atoms with Crippen LogP contribution in [-0.2, 0) is 11.8 Å². The predicted molar refractivity (Wildman–Crippen MR) is 116 cm³/mol. The summed E-state index contributed by atoms with van der Waals surface area (Å²) in [6.45, 7) is 2.82. The third kappa shape index (κ3) is 5.67. The number of rotatable bonds is 9. The van der Waals surface area contributed by atoms with Crippen molar-refractivity contribution < 1.29 is 14.3 Å². The third-order valence-electron chi connectivity index (χ3n) is 4.14. The molecule has 2 rings (SSSR count). The van der Waals surface area contributed by atoms with Gasteiger partial charge in [-0.05, 0) is 37.3 Å². The number of ketones is 1. The minimum atomic E-state index is -0.440. The van der Waals surface area contributed by atoms with Crippen LogP contribution in [0.15, 0.2) is 29.1 Å². The van der Waals surface area contributed by atoms with Crippen LogP contribution in [-0.4, -0.2) is 43.1 Å². The van der Waals surface area contributed by atoms with E-state index < -0.39 is 11.3 Å². The molecule has 2 heterocycles. The van der Waals surface area contributed by atoms with Crippen molar-refractivity contribution in [2.45, 2.75) is 6.92 Å². The Kier molecular flexibility index (Phi) is 7.95. The lowest BCUT2D eigenvalue weighted by molar-refractivity contribution is 0.0940. The molecule has 7 nitrogen and oxygen atoms in total. The number of aryl methyl sites for hydroxylation is 1. The molecule has 0 bridgehead atoms. The second kappa shape index (κ2) is 10.4. The Labute approximate surface area is 173 Å². The number of allylic oxidation sites excluding steroid dienone is 1. The molecule has 0 radical (unpaired) electrons. The summed E-state index contributed by atoms with van der Waals surface area (Å²) in [6, 6.07) is 5.14. The normalized spacial score (nSPS) is 10.7. The Balaban J connectivity index is 2.21. The average Bonchev–Trinajstić information content (AvgIpc) is 3.18. The van der Waals surface area contributed by atoms with Gasteiger partial charge in [-0.15, -0.1) is 17.8 Å². The lowest BCUT2D eigenvalue weighted by Gasteiger charge is -2.12. The number of carbonyl (C=O) groups excluding carboxylic acids is 2. The molecular weight excluding hydrogens is 390 g/mol. The highest BCUT2D eigenvalue weighted by molar-refractivity contribution is 7.14. The topological polar surface area (TPSA) is 89.4 Å². The first kappa shape index (κ1) is 22.1. The van der Waals surface area contributed by atoms with Gasteiger partial charge >= 0.3 is 0 Å². The van der Waals surface area contributed by atoms with E-state index in [2.05, 4.69) is 16.6 Å². The number of carbonyl (C=O) groups is 2. The number of amides is 1. The number of methoxy groups -OCH3 is 1. The van der Waals surface area contributed by atoms with Gasteiger partial charge in [0.05, 0.1) is 23.7 Å². The molecule has 0 aliphatic carbocycles. The van der Waals surface area contributed by atoms with Gasteiger partial charge in [0.15, 0.2) is 5.78 Å². The van der Waals surface area contributed by atoms with Crippen LogP contribution in [0.3, 0.4) is 0 Å². The lowest BCUT2D eigenvalue weighted by atomic mass is 10.1. The van der Waals surface area contributed by atoms with Crippen LogP contribution < -0.4 is 16.2 Å². The molecule has 0 unspecified atom stereocenters. The van der Waals surface area contributed by atoms with Gasteiger partial charge in [0.1, 0.15) is 5.56 Å². The summed E-state index contributed by atoms with van der Waals surface area (Å²) in [6.07, 6.45) is 8.19. The molecule has 0 aliphatic rings. The summed E-state index contributed by atoms with van der Waals surface area (Å²) in [5.74, 6) is 1.79. The van der Waals surface area contributed by atoms with Crippen LogP contribution in [0.1, 0.15) is 30.6 Å². The maximum Gasteiger partial charge on any atom is 0.263 e. The van der Waals surface area contributed by atoms with E-state index in [1.807, 2.05) is 0 Å². The fraction of sp³-hybridized carbons (Fsp3) is 0.286. The minimum absolute atomic E-state index is 0.0266. The second-order valence-electron chi connectivity index (χ2n) is 6.14. The van der Waals surface area contributed by atoms with Gasteiger partial charge in [-0.25, -0.2) is 0 Å². The number of hydrogen-bond donors (Lipinski definition) is 2. The molecule has 1 amide bonds. The zero-order chi connectivity index (χ0) is 21.4. The SMILES string of the molecule is C#CCNc1cc(C)n(C)c(=O)c1C(=O)/C=C/c1ccc(C(=O)NCCOC)s1. The lowest BCUT2D eigenvalue weighted by Crippen LogP contribution is -2.27. The van der Waals surface area contributed by atoms with Crippen molar-refractivity contribution in [3.63, 3.8) is 0 Å². The molecule has 2 aromatic rings. The largest absolute Gasteiger partial charge is 0.383 e. The van der Waals surface area contributed by atoms with Crippen molar-refractivity contribution in [1.82, 2.24) is 9.88 Å². The van der Waals surface area contributed by atoms with Crippen molar-refractivity contribution in [3.05, 3.63) is 55.6 Å². The minimum Gasteiger partial charge on any atom is -0.383 e. The maximum absolute atomic E-state index is 12.7. The number of terminal acetylenes is 1. The van der Waals surface area contributed by atoms with E-state index in [1.165, 1.54) is 22.0 Å². The first-order valence-electron chi connectivity index (χ1n) is 8.86. The number of thiophene rings is 1. The van der Waals surface area contributed by atoms with Gasteiger partial charge in [-0.1, -0.05) is 5.92 Å². The van der Waals surface area contributed by atoms with E-state index in [9.17, 15) is 14.4 Å². The molecular formula is C21H23N3O4S. The zero-order valence-electron chi connectivity index (χ0n) is 16.6. The van der Waals surface area contributed by atoms with Crippen LogP contribution >= 0.6 is 11.3 Å². The summed E-state index contributed by atoms with van der Waals surface area (Å²) >= 11 is 1.25. The third-order valence-corrected chi connectivity index (χ3v) is 5.19. The Hall–Kier alpha value is -3.15. The fourth-order valence-corrected chi connectivity index (χ4v) is 3.33. The summed E-state index contributed by atoms with van der Waals surface area (Å²) in [7, 11) is 3.17. The number of anilines is 1. The van der Waals surface area contributed by atoms with Gasteiger partial charge < -0.3 is 19.9 Å². The van der Waals surface area contributed by atoms with E-state index >= 15 is 0 Å². The molecule has 0 saturated heterocycles. The molecule has 8 heteroatoms. The molecule has 2 N–H and O–H groups in total. The first-order chi connectivity index (χ1) is 13.9. The van der Waals surface area contributed by atoms with E-state index in [-0.39, 0.29) is 18.0 Å². The number of ether oxygens (including phenoxy) is 1. The molecule has 0 saturated carbocycles. The molecule has 0 fully saturated rings. The smallest absolute Gasteiger partial charge is 0.263 e. The quantitative estimate of drug-likeness (QED) is 0.284. The van der Waals surface area contributed by atoms with E-state index in [4.69, 9.17) is 11.2 Å². The van der Waals surface area contributed by atoms with E-state index in [1.54, 1.807) is 45.4 Å². The number of nitrogens with one attached hydrogen (secondary N) is 2. The molecule has 0 atom stereocenters. The second-order valence-corrected chi connectivity index (χ2v) is 7.26. The van der Waals surface area contributed by atoms with E-state index in [0.29, 0.717) is 29.4 Å². The predicted octanol–water partition coefficient (Wildman–Crippen LogP) is 2.07. The Morgan fingerprint density at radius 1 is 1.38 bits per heavy atom. The maximum atomic E-state index is 12.7. The van der Waals surface area contributed by atoms with Crippen LogP contribution in [0.4, 0.5) is 5.69 Å².